The second-order valence-electron chi connectivity index (χ2n) is 5.46. The lowest BCUT2D eigenvalue weighted by Gasteiger charge is -2.12. The van der Waals surface area contributed by atoms with Gasteiger partial charge >= 0.3 is 0 Å². The van der Waals surface area contributed by atoms with Crippen LogP contribution in [0, 0.1) is 18.6 Å². The summed E-state index contributed by atoms with van der Waals surface area (Å²) in [4.78, 5) is 4.46. The van der Waals surface area contributed by atoms with Gasteiger partial charge in [0.15, 0.2) is 0 Å². The second kappa shape index (κ2) is 6.20. The van der Waals surface area contributed by atoms with Crippen molar-refractivity contribution in [1.82, 2.24) is 9.38 Å². The summed E-state index contributed by atoms with van der Waals surface area (Å²) < 4.78 is 42.0. The lowest BCUT2D eigenvalue weighted by molar-refractivity contribution is 0.553. The Bertz CT molecular complexity index is 871. The summed E-state index contributed by atoms with van der Waals surface area (Å²) in [5, 5.41) is -0.748. The summed E-state index contributed by atoms with van der Waals surface area (Å²) in [6.07, 6.45) is 3.66. The Morgan fingerprint density at radius 2 is 1.91 bits per heavy atom. The average Bonchev–Trinajstić information content (AvgIpc) is 2.91. The smallest absolute Gasteiger partial charge is 0.139 e. The van der Waals surface area contributed by atoms with Gasteiger partial charge in [-0.25, -0.2) is 13.8 Å². The zero-order valence-corrected chi connectivity index (χ0v) is 13.6. The van der Waals surface area contributed by atoms with Crippen LogP contribution in [0.1, 0.15) is 29.0 Å². The molecule has 0 saturated heterocycles. The monoisotopic (exact) mass is 334 g/mol. The van der Waals surface area contributed by atoms with E-state index in [-0.39, 0.29) is 11.3 Å². The normalized spacial score (nSPS) is 14.1. The maximum atomic E-state index is 13.8. The van der Waals surface area contributed by atoms with Crippen molar-refractivity contribution in [3.8, 4) is 0 Å². The number of halogens is 2. The third kappa shape index (κ3) is 3.03. The van der Waals surface area contributed by atoms with Gasteiger partial charge in [0, 0.05) is 28.8 Å². The maximum absolute atomic E-state index is 13.8. The molecule has 120 valence electrons. The van der Waals surface area contributed by atoms with Crippen LogP contribution >= 0.6 is 0 Å². The van der Waals surface area contributed by atoms with Crippen LogP contribution in [0.25, 0.3) is 5.65 Å². The van der Waals surface area contributed by atoms with Crippen LogP contribution in [-0.2, 0) is 16.6 Å². The molecule has 2 heterocycles. The molecule has 0 radical (unpaired) electrons. The molecule has 3 aromatic rings. The Morgan fingerprint density at radius 1 is 1.22 bits per heavy atom. The van der Waals surface area contributed by atoms with Crippen LogP contribution in [0.2, 0.25) is 0 Å². The van der Waals surface area contributed by atoms with Crippen molar-refractivity contribution in [2.75, 3.05) is 0 Å². The zero-order valence-electron chi connectivity index (χ0n) is 12.8. The number of hydrogen-bond acceptors (Lipinski definition) is 2. The Morgan fingerprint density at radius 3 is 2.57 bits per heavy atom. The minimum absolute atomic E-state index is 0.134. The first-order chi connectivity index (χ1) is 11.0. The van der Waals surface area contributed by atoms with E-state index in [1.807, 2.05) is 29.7 Å². The molecule has 3 rings (SSSR count). The van der Waals surface area contributed by atoms with Crippen molar-refractivity contribution in [3.05, 3.63) is 71.2 Å². The highest BCUT2D eigenvalue weighted by atomic mass is 32.2. The fourth-order valence-corrected chi connectivity index (χ4v) is 3.74. The van der Waals surface area contributed by atoms with Gasteiger partial charge in [-0.3, -0.25) is 4.21 Å². The number of rotatable bonds is 4. The summed E-state index contributed by atoms with van der Waals surface area (Å²) in [5.41, 5.74) is 2.31. The highest BCUT2D eigenvalue weighted by Gasteiger charge is 2.22. The van der Waals surface area contributed by atoms with E-state index in [9.17, 15) is 13.0 Å². The Hall–Kier alpha value is -2.08. The van der Waals surface area contributed by atoms with Crippen molar-refractivity contribution in [1.29, 1.82) is 0 Å². The molecule has 0 aliphatic heterocycles. The fraction of sp³-hybridized carbons (Fsp3) is 0.235. The first-order valence-electron chi connectivity index (χ1n) is 7.21. The van der Waals surface area contributed by atoms with Gasteiger partial charge in [-0.1, -0.05) is 12.1 Å². The molecule has 0 amide bonds. The van der Waals surface area contributed by atoms with Gasteiger partial charge in [0.25, 0.3) is 0 Å². The van der Waals surface area contributed by atoms with Gasteiger partial charge < -0.3 is 4.40 Å². The Labute approximate surface area is 135 Å². The molecule has 0 spiro atoms. The summed E-state index contributed by atoms with van der Waals surface area (Å²) in [6.45, 7) is 3.51. The Kier molecular flexibility index (Phi) is 4.26. The van der Waals surface area contributed by atoms with Crippen molar-refractivity contribution in [2.45, 2.75) is 24.9 Å². The minimum Gasteiger partial charge on any atom is -0.307 e. The number of hydrogen-bond donors (Lipinski definition) is 0. The van der Waals surface area contributed by atoms with Crippen LogP contribution in [0.4, 0.5) is 8.78 Å². The molecule has 2 aromatic heterocycles. The highest BCUT2D eigenvalue weighted by molar-refractivity contribution is 7.84. The predicted molar refractivity (Wildman–Crippen MR) is 86.5 cm³/mol. The first-order valence-corrected chi connectivity index (χ1v) is 8.60. The van der Waals surface area contributed by atoms with Gasteiger partial charge in [-0.2, -0.15) is 0 Å². The third-order valence-corrected chi connectivity index (χ3v) is 5.42. The molecular weight excluding hydrogens is 318 g/mol. The zero-order chi connectivity index (χ0) is 16.6. The number of aryl methyl sites for hydroxylation is 1. The molecular formula is C17H16F2N2OS. The molecule has 0 fully saturated rings. The number of nitrogens with zero attached hydrogens (tertiary/aromatic N) is 2. The molecule has 2 unspecified atom stereocenters. The first kappa shape index (κ1) is 15.8. The van der Waals surface area contributed by atoms with Gasteiger partial charge in [-0.05, 0) is 37.6 Å². The molecule has 1 aromatic carbocycles. The van der Waals surface area contributed by atoms with Crippen LogP contribution in [0.3, 0.4) is 0 Å². The van der Waals surface area contributed by atoms with E-state index >= 15 is 0 Å². The summed E-state index contributed by atoms with van der Waals surface area (Å²) >= 11 is 0. The Balaban J connectivity index is 1.87. The van der Waals surface area contributed by atoms with E-state index in [1.165, 1.54) is 18.2 Å². The molecule has 0 saturated carbocycles. The second-order valence-corrected chi connectivity index (χ2v) is 7.21. The van der Waals surface area contributed by atoms with E-state index in [0.717, 1.165) is 11.2 Å². The lowest BCUT2D eigenvalue weighted by atomic mass is 10.1. The standard InChI is InChI=1S/C17H16F2N2OS/c1-11-5-4-8-21-9-13(20-17(11)21)10-23(22)12(2)16-14(18)6-3-7-15(16)19/h3-9,12H,10H2,1-2H3. The quantitative estimate of drug-likeness (QED) is 0.724. The summed E-state index contributed by atoms with van der Waals surface area (Å²) in [7, 11) is -1.48. The number of imidazole rings is 1. The molecule has 0 aliphatic carbocycles. The molecule has 23 heavy (non-hydrogen) atoms. The van der Waals surface area contributed by atoms with Crippen molar-refractivity contribution in [2.24, 2.45) is 0 Å². The van der Waals surface area contributed by atoms with Crippen LogP contribution in [0.5, 0.6) is 0 Å². The number of fused-ring (bicyclic) bond motifs is 1. The topological polar surface area (TPSA) is 34.4 Å². The van der Waals surface area contributed by atoms with E-state index in [4.69, 9.17) is 0 Å². The maximum Gasteiger partial charge on any atom is 0.139 e. The van der Waals surface area contributed by atoms with Gasteiger partial charge in [0.2, 0.25) is 0 Å². The van der Waals surface area contributed by atoms with Crippen LogP contribution in [-0.4, -0.2) is 13.6 Å². The van der Waals surface area contributed by atoms with Gasteiger partial charge in [0.05, 0.1) is 16.7 Å². The summed E-state index contributed by atoms with van der Waals surface area (Å²) in [6, 6.07) is 7.51. The van der Waals surface area contributed by atoms with Crippen LogP contribution < -0.4 is 0 Å². The molecule has 0 aliphatic rings. The third-order valence-electron chi connectivity index (χ3n) is 3.82. The lowest BCUT2D eigenvalue weighted by Crippen LogP contribution is -2.09. The predicted octanol–water partition coefficient (Wildman–Crippen LogP) is 3.93. The number of aromatic nitrogens is 2. The average molecular weight is 334 g/mol. The summed E-state index contributed by atoms with van der Waals surface area (Å²) in [5.74, 6) is -1.19. The highest BCUT2D eigenvalue weighted by Crippen LogP contribution is 2.27. The number of benzene rings is 1. The fourth-order valence-electron chi connectivity index (χ4n) is 2.58. The molecule has 2 atom stereocenters. The van der Waals surface area contributed by atoms with Crippen molar-refractivity contribution >= 4 is 16.4 Å². The van der Waals surface area contributed by atoms with Gasteiger partial charge in [-0.15, -0.1) is 0 Å². The molecule has 0 N–H and O–H groups in total. The van der Waals surface area contributed by atoms with Crippen molar-refractivity contribution in [3.63, 3.8) is 0 Å². The minimum atomic E-state index is -1.48. The largest absolute Gasteiger partial charge is 0.307 e. The number of pyridine rings is 1. The SMILES string of the molecule is Cc1cccn2cc(CS(=O)C(C)c3c(F)cccc3F)nc12. The van der Waals surface area contributed by atoms with E-state index < -0.39 is 27.7 Å². The molecule has 0 bridgehead atoms. The molecule has 3 nitrogen and oxygen atoms in total. The van der Waals surface area contributed by atoms with Gasteiger partial charge in [0.1, 0.15) is 17.3 Å². The van der Waals surface area contributed by atoms with E-state index in [0.29, 0.717) is 5.69 Å². The van der Waals surface area contributed by atoms with E-state index in [2.05, 4.69) is 4.98 Å². The van der Waals surface area contributed by atoms with Crippen molar-refractivity contribution < 1.29 is 13.0 Å². The van der Waals surface area contributed by atoms with E-state index in [1.54, 1.807) is 13.1 Å². The molecule has 6 heteroatoms. The van der Waals surface area contributed by atoms with Crippen LogP contribution in [0.15, 0.2) is 42.7 Å².